The van der Waals surface area contributed by atoms with Crippen LogP contribution in [0.2, 0.25) is 0 Å². The molecule has 0 aliphatic rings. The molecule has 5 nitrogen and oxygen atoms in total. The molecule has 1 aromatic carbocycles. The number of amides is 1. The fourth-order valence-corrected chi connectivity index (χ4v) is 2.95. The van der Waals surface area contributed by atoms with Gasteiger partial charge in [0.1, 0.15) is 5.69 Å². The van der Waals surface area contributed by atoms with E-state index in [0.717, 1.165) is 11.6 Å². The Morgan fingerprint density at radius 3 is 2.78 bits per heavy atom. The minimum Gasteiger partial charge on any atom is -0.463 e. The van der Waals surface area contributed by atoms with Crippen molar-refractivity contribution in [3.8, 4) is 0 Å². The summed E-state index contributed by atoms with van der Waals surface area (Å²) in [6, 6.07) is 10.9. The first-order valence-electron chi connectivity index (χ1n) is 8.30. The number of aromatic nitrogens is 2. The Kier molecular flexibility index (Phi) is 4.42. The van der Waals surface area contributed by atoms with Crippen LogP contribution in [0.25, 0.3) is 11.1 Å². The summed E-state index contributed by atoms with van der Waals surface area (Å²) in [5.74, 6) is -2.19. The van der Waals surface area contributed by atoms with E-state index in [9.17, 15) is 13.6 Å². The number of pyridine rings is 1. The molecule has 0 saturated heterocycles. The van der Waals surface area contributed by atoms with Gasteiger partial charge in [0.05, 0.1) is 18.3 Å². The highest BCUT2D eigenvalue weighted by atomic mass is 19.2. The third kappa shape index (κ3) is 3.31. The highest BCUT2D eigenvalue weighted by Crippen LogP contribution is 2.24. The number of benzene rings is 1. The van der Waals surface area contributed by atoms with Crippen LogP contribution in [-0.4, -0.2) is 15.5 Å². The number of carbonyl (C=O) groups excluding carboxylic acids is 1. The van der Waals surface area contributed by atoms with Gasteiger partial charge in [0.25, 0.3) is 5.91 Å². The average molecular weight is 367 g/mol. The lowest BCUT2D eigenvalue weighted by atomic mass is 10.2. The van der Waals surface area contributed by atoms with Crippen LogP contribution in [0, 0.1) is 11.6 Å². The number of carbonyl (C=O) groups is 1. The Labute approximate surface area is 153 Å². The van der Waals surface area contributed by atoms with E-state index < -0.39 is 11.6 Å². The minimum atomic E-state index is -0.925. The molecule has 0 bridgehead atoms. The smallest absolute Gasteiger partial charge is 0.268 e. The molecule has 0 fully saturated rings. The molecule has 7 heteroatoms. The number of halogens is 2. The van der Waals surface area contributed by atoms with Gasteiger partial charge in [0.15, 0.2) is 17.2 Å². The Hall–Kier alpha value is -3.48. The van der Waals surface area contributed by atoms with Crippen molar-refractivity contribution in [3.63, 3.8) is 0 Å². The van der Waals surface area contributed by atoms with Gasteiger partial charge in [0.2, 0.25) is 0 Å². The first kappa shape index (κ1) is 17.0. The summed E-state index contributed by atoms with van der Waals surface area (Å²) in [5.41, 5.74) is 2.49. The lowest BCUT2D eigenvalue weighted by molar-refractivity contribution is 0.0942. The van der Waals surface area contributed by atoms with Crippen LogP contribution in [0.1, 0.15) is 21.6 Å². The standard InChI is InChI=1S/C20H15F2N3O2/c21-15-3-1-2-14(19(15)22)12-25-16-6-9-27-18(16)10-17(25)20(26)24-11-13-4-7-23-8-5-13/h1-10H,11-12H2,(H,24,26). The molecule has 0 spiro atoms. The van der Waals surface area contributed by atoms with Crippen molar-refractivity contribution >= 4 is 17.0 Å². The van der Waals surface area contributed by atoms with Crippen LogP contribution in [0.4, 0.5) is 8.78 Å². The van der Waals surface area contributed by atoms with Crippen LogP contribution >= 0.6 is 0 Å². The van der Waals surface area contributed by atoms with E-state index in [1.165, 1.54) is 18.4 Å². The summed E-state index contributed by atoms with van der Waals surface area (Å²) in [5, 5.41) is 2.82. The number of hydrogen-bond donors (Lipinski definition) is 1. The predicted molar refractivity (Wildman–Crippen MR) is 95.1 cm³/mol. The second kappa shape index (κ2) is 7.03. The SMILES string of the molecule is O=C(NCc1ccncc1)c1cc2occc2n1Cc1cccc(F)c1F. The van der Waals surface area contributed by atoms with Gasteiger partial charge >= 0.3 is 0 Å². The van der Waals surface area contributed by atoms with Crippen molar-refractivity contribution in [1.29, 1.82) is 0 Å². The van der Waals surface area contributed by atoms with E-state index in [-0.39, 0.29) is 18.0 Å². The molecule has 0 radical (unpaired) electrons. The molecular weight excluding hydrogens is 352 g/mol. The molecule has 0 unspecified atom stereocenters. The Balaban J connectivity index is 1.65. The molecule has 136 valence electrons. The van der Waals surface area contributed by atoms with Gasteiger partial charge in [-0.15, -0.1) is 0 Å². The lowest BCUT2D eigenvalue weighted by Crippen LogP contribution is -2.25. The zero-order valence-corrected chi connectivity index (χ0v) is 14.2. The summed E-state index contributed by atoms with van der Waals surface area (Å²) in [6.07, 6.45) is 4.77. The highest BCUT2D eigenvalue weighted by molar-refractivity contribution is 5.97. The molecule has 0 aliphatic heterocycles. The number of fused-ring (bicyclic) bond motifs is 1. The third-order valence-corrected chi connectivity index (χ3v) is 4.32. The first-order valence-corrected chi connectivity index (χ1v) is 8.30. The molecule has 27 heavy (non-hydrogen) atoms. The second-order valence-corrected chi connectivity index (χ2v) is 6.04. The summed E-state index contributed by atoms with van der Waals surface area (Å²) in [6.45, 7) is 0.326. The van der Waals surface area contributed by atoms with Gasteiger partial charge in [-0.25, -0.2) is 8.78 Å². The van der Waals surface area contributed by atoms with E-state index >= 15 is 0 Å². The van der Waals surface area contributed by atoms with Crippen LogP contribution < -0.4 is 5.32 Å². The maximum atomic E-state index is 14.1. The van der Waals surface area contributed by atoms with E-state index in [4.69, 9.17) is 4.42 Å². The van der Waals surface area contributed by atoms with Gasteiger partial charge in [-0.2, -0.15) is 0 Å². The van der Waals surface area contributed by atoms with Gasteiger partial charge in [0, 0.05) is 36.6 Å². The molecular formula is C20H15F2N3O2. The summed E-state index contributed by atoms with van der Waals surface area (Å²) in [7, 11) is 0. The van der Waals surface area contributed by atoms with Crippen molar-refractivity contribution in [1.82, 2.24) is 14.9 Å². The van der Waals surface area contributed by atoms with Crippen molar-refractivity contribution in [2.75, 3.05) is 0 Å². The van der Waals surface area contributed by atoms with E-state index in [2.05, 4.69) is 10.3 Å². The number of rotatable bonds is 5. The molecule has 4 aromatic rings. The topological polar surface area (TPSA) is 60.1 Å². The van der Waals surface area contributed by atoms with Gasteiger partial charge in [-0.05, 0) is 23.8 Å². The monoisotopic (exact) mass is 367 g/mol. The van der Waals surface area contributed by atoms with Crippen LogP contribution in [0.5, 0.6) is 0 Å². The van der Waals surface area contributed by atoms with Crippen molar-refractivity contribution in [2.45, 2.75) is 13.1 Å². The molecule has 1 amide bonds. The predicted octanol–water partition coefficient (Wildman–Crippen LogP) is 3.89. The van der Waals surface area contributed by atoms with E-state index in [1.807, 2.05) is 0 Å². The lowest BCUT2D eigenvalue weighted by Gasteiger charge is -2.11. The van der Waals surface area contributed by atoms with Crippen LogP contribution in [-0.2, 0) is 13.1 Å². The number of nitrogens with one attached hydrogen (secondary N) is 1. The second-order valence-electron chi connectivity index (χ2n) is 6.04. The fraction of sp³-hybridized carbons (Fsp3) is 0.100. The maximum Gasteiger partial charge on any atom is 0.268 e. The largest absolute Gasteiger partial charge is 0.463 e. The molecule has 0 saturated carbocycles. The van der Waals surface area contributed by atoms with Crippen molar-refractivity contribution in [2.24, 2.45) is 0 Å². The van der Waals surface area contributed by atoms with E-state index in [0.29, 0.717) is 23.3 Å². The van der Waals surface area contributed by atoms with Gasteiger partial charge in [-0.1, -0.05) is 12.1 Å². The summed E-state index contributed by atoms with van der Waals surface area (Å²) < 4.78 is 34.6. The Morgan fingerprint density at radius 1 is 1.15 bits per heavy atom. The number of hydrogen-bond acceptors (Lipinski definition) is 3. The summed E-state index contributed by atoms with van der Waals surface area (Å²) >= 11 is 0. The van der Waals surface area contributed by atoms with Crippen LogP contribution in [0.3, 0.4) is 0 Å². The minimum absolute atomic E-state index is 0.00460. The first-order chi connectivity index (χ1) is 13.1. The average Bonchev–Trinajstić information content (AvgIpc) is 3.27. The fourth-order valence-electron chi connectivity index (χ4n) is 2.95. The van der Waals surface area contributed by atoms with E-state index in [1.54, 1.807) is 41.2 Å². The quantitative estimate of drug-likeness (QED) is 0.582. The Morgan fingerprint density at radius 2 is 1.96 bits per heavy atom. The maximum absolute atomic E-state index is 14.1. The Bertz CT molecular complexity index is 1100. The van der Waals surface area contributed by atoms with Crippen LogP contribution in [0.15, 0.2) is 65.5 Å². The van der Waals surface area contributed by atoms with Gasteiger partial charge < -0.3 is 14.3 Å². The van der Waals surface area contributed by atoms with Gasteiger partial charge in [-0.3, -0.25) is 9.78 Å². The number of nitrogens with zero attached hydrogens (tertiary/aromatic N) is 2. The third-order valence-electron chi connectivity index (χ3n) is 4.32. The molecule has 1 N–H and O–H groups in total. The molecule has 0 aliphatic carbocycles. The van der Waals surface area contributed by atoms with Crippen molar-refractivity contribution in [3.05, 3.63) is 89.6 Å². The number of furan rings is 1. The zero-order valence-electron chi connectivity index (χ0n) is 14.2. The molecule has 0 atom stereocenters. The molecule has 3 aromatic heterocycles. The zero-order chi connectivity index (χ0) is 18.8. The van der Waals surface area contributed by atoms with Crippen molar-refractivity contribution < 1.29 is 18.0 Å². The normalized spacial score (nSPS) is 11.0. The molecule has 3 heterocycles. The highest BCUT2D eigenvalue weighted by Gasteiger charge is 2.19. The summed E-state index contributed by atoms with van der Waals surface area (Å²) in [4.78, 5) is 16.6. The molecule has 4 rings (SSSR count).